The highest BCUT2D eigenvalue weighted by Crippen LogP contribution is 2.32. The van der Waals surface area contributed by atoms with Gasteiger partial charge in [0.15, 0.2) is 0 Å². The molecule has 0 spiro atoms. The van der Waals surface area contributed by atoms with Crippen LogP contribution in [0.25, 0.3) is 6.08 Å². The van der Waals surface area contributed by atoms with Gasteiger partial charge in [-0.3, -0.25) is 24.6 Å². The minimum absolute atomic E-state index is 0.139. The summed E-state index contributed by atoms with van der Waals surface area (Å²) in [5, 5.41) is 10.0. The number of hydrogen-bond donors (Lipinski definition) is 1. The highest BCUT2D eigenvalue weighted by Gasteiger charge is 2.34. The van der Waals surface area contributed by atoms with E-state index in [-0.39, 0.29) is 23.8 Å². The van der Waals surface area contributed by atoms with Crippen LogP contribution in [0.15, 0.2) is 21.5 Å². The maximum absolute atomic E-state index is 11.8. The van der Waals surface area contributed by atoms with E-state index in [9.17, 15) is 19.7 Å². The van der Waals surface area contributed by atoms with Crippen molar-refractivity contribution in [2.75, 3.05) is 13.1 Å². The molecule has 0 aliphatic carbocycles. The smallest absolute Gasteiger partial charge is 0.401 e. The Bertz CT molecular complexity index is 579. The molecule has 2 amide bonds. The molecule has 19 heavy (non-hydrogen) atoms. The summed E-state index contributed by atoms with van der Waals surface area (Å²) >= 11 is 0.747. The van der Waals surface area contributed by atoms with Gasteiger partial charge in [0, 0.05) is 19.2 Å². The van der Waals surface area contributed by atoms with Crippen molar-refractivity contribution in [3.63, 3.8) is 0 Å². The lowest BCUT2D eigenvalue weighted by molar-refractivity contribution is -0.402. The fourth-order valence-corrected chi connectivity index (χ4v) is 2.31. The Morgan fingerprint density at radius 2 is 2.21 bits per heavy atom. The summed E-state index contributed by atoms with van der Waals surface area (Å²) in [6.07, 6.45) is 1.30. The zero-order valence-corrected chi connectivity index (χ0v) is 10.4. The van der Waals surface area contributed by atoms with E-state index < -0.39 is 22.0 Å². The van der Waals surface area contributed by atoms with Crippen LogP contribution >= 0.6 is 11.8 Å². The molecule has 1 aliphatic heterocycles. The highest BCUT2D eigenvalue weighted by atomic mass is 32.2. The summed E-state index contributed by atoms with van der Waals surface area (Å²) in [5.74, 6) is -0.753. The van der Waals surface area contributed by atoms with Gasteiger partial charge in [0.25, 0.3) is 11.1 Å². The number of imide groups is 1. The van der Waals surface area contributed by atoms with Gasteiger partial charge in [0.1, 0.15) is 10.7 Å². The first kappa shape index (κ1) is 13.3. The van der Waals surface area contributed by atoms with Gasteiger partial charge in [-0.05, 0) is 17.8 Å². The number of carbonyl (C=O) groups is 2. The molecule has 2 heterocycles. The number of carbonyl (C=O) groups excluding carboxylic acids is 2. The number of thioether (sulfide) groups is 1. The Morgan fingerprint density at radius 3 is 2.79 bits per heavy atom. The molecule has 1 saturated heterocycles. The van der Waals surface area contributed by atoms with Crippen LogP contribution in [0.3, 0.4) is 0 Å². The molecule has 1 aromatic heterocycles. The Labute approximate surface area is 111 Å². The summed E-state index contributed by atoms with van der Waals surface area (Å²) in [6.45, 7) is 0.317. The lowest BCUT2D eigenvalue weighted by Crippen LogP contribution is -2.33. The van der Waals surface area contributed by atoms with E-state index >= 15 is 0 Å². The van der Waals surface area contributed by atoms with Gasteiger partial charge in [-0.25, -0.2) is 0 Å². The molecular weight excluding hydrogens is 274 g/mol. The summed E-state index contributed by atoms with van der Waals surface area (Å²) in [7, 11) is 0. The third-order valence-electron chi connectivity index (χ3n) is 2.29. The Morgan fingerprint density at radius 1 is 1.47 bits per heavy atom. The zero-order valence-electron chi connectivity index (χ0n) is 9.57. The van der Waals surface area contributed by atoms with Crippen molar-refractivity contribution in [1.29, 1.82) is 0 Å². The molecule has 1 fully saturated rings. The van der Waals surface area contributed by atoms with Crippen molar-refractivity contribution in [3.8, 4) is 0 Å². The van der Waals surface area contributed by atoms with Crippen LogP contribution in [-0.2, 0) is 4.79 Å². The minimum atomic E-state index is -0.683. The molecule has 9 heteroatoms. The van der Waals surface area contributed by atoms with Gasteiger partial charge in [0.2, 0.25) is 0 Å². The van der Waals surface area contributed by atoms with Gasteiger partial charge in [0.05, 0.1) is 11.0 Å². The topological polar surface area (TPSA) is 120 Å². The van der Waals surface area contributed by atoms with E-state index in [2.05, 4.69) is 0 Å². The predicted molar refractivity (Wildman–Crippen MR) is 67.1 cm³/mol. The van der Waals surface area contributed by atoms with Crippen molar-refractivity contribution < 1.29 is 18.9 Å². The quantitative estimate of drug-likeness (QED) is 0.500. The van der Waals surface area contributed by atoms with Gasteiger partial charge in [-0.2, -0.15) is 0 Å². The molecule has 0 unspecified atom stereocenters. The first-order valence-electron chi connectivity index (χ1n) is 5.22. The van der Waals surface area contributed by atoms with Crippen LogP contribution < -0.4 is 5.73 Å². The van der Waals surface area contributed by atoms with Gasteiger partial charge >= 0.3 is 5.88 Å². The Kier molecular flexibility index (Phi) is 3.67. The fraction of sp³-hybridized carbons (Fsp3) is 0.200. The molecule has 1 aliphatic rings. The van der Waals surface area contributed by atoms with Crippen molar-refractivity contribution in [2.24, 2.45) is 5.73 Å². The van der Waals surface area contributed by atoms with E-state index in [0.717, 1.165) is 16.7 Å². The van der Waals surface area contributed by atoms with Crippen LogP contribution in [0.4, 0.5) is 10.7 Å². The van der Waals surface area contributed by atoms with Crippen molar-refractivity contribution in [2.45, 2.75) is 0 Å². The van der Waals surface area contributed by atoms with E-state index in [1.165, 1.54) is 18.2 Å². The second kappa shape index (κ2) is 5.24. The molecule has 2 N–H and O–H groups in total. The maximum atomic E-state index is 11.8. The van der Waals surface area contributed by atoms with E-state index in [1.54, 1.807) is 0 Å². The van der Waals surface area contributed by atoms with Crippen LogP contribution in [0, 0.1) is 10.1 Å². The molecule has 8 nitrogen and oxygen atoms in total. The Balaban J connectivity index is 2.22. The molecule has 1 aromatic rings. The summed E-state index contributed by atoms with van der Waals surface area (Å²) in [5.41, 5.74) is 5.30. The van der Waals surface area contributed by atoms with Gasteiger partial charge < -0.3 is 10.2 Å². The molecule has 0 bridgehead atoms. The van der Waals surface area contributed by atoms with Crippen molar-refractivity contribution >= 4 is 34.9 Å². The lowest BCUT2D eigenvalue weighted by atomic mass is 10.3. The van der Waals surface area contributed by atoms with E-state index in [1.807, 2.05) is 0 Å². The average molecular weight is 283 g/mol. The molecular formula is C10H9N3O5S. The standard InChI is InChI=1S/C10H9N3O5S/c11-3-4-12-9(14)7(19-10(12)15)5-6-1-2-8(18-6)13(16)17/h1-2,5H,3-4,11H2/b7-5-. The highest BCUT2D eigenvalue weighted by molar-refractivity contribution is 8.18. The number of hydrogen-bond acceptors (Lipinski definition) is 7. The Hall–Kier alpha value is -2.13. The maximum Gasteiger partial charge on any atom is 0.433 e. The average Bonchev–Trinajstić information content (AvgIpc) is 2.91. The summed E-state index contributed by atoms with van der Waals surface area (Å²) < 4.78 is 4.89. The molecule has 0 atom stereocenters. The third kappa shape index (κ3) is 2.66. The largest absolute Gasteiger partial charge is 0.433 e. The normalized spacial score (nSPS) is 17.5. The third-order valence-corrected chi connectivity index (χ3v) is 3.20. The fourth-order valence-electron chi connectivity index (χ4n) is 1.47. The number of nitrogens with two attached hydrogens (primary N) is 1. The van der Waals surface area contributed by atoms with Crippen molar-refractivity contribution in [1.82, 2.24) is 4.90 Å². The summed E-state index contributed by atoms with van der Waals surface area (Å²) in [6, 6.07) is 2.53. The number of furan rings is 1. The molecule has 0 radical (unpaired) electrons. The molecule has 0 saturated carbocycles. The monoisotopic (exact) mass is 283 g/mol. The molecule has 100 valence electrons. The lowest BCUT2D eigenvalue weighted by Gasteiger charge is -2.09. The number of amides is 2. The second-order valence-corrected chi connectivity index (χ2v) is 4.55. The molecule has 0 aromatic carbocycles. The first-order valence-corrected chi connectivity index (χ1v) is 6.04. The van der Waals surface area contributed by atoms with Crippen LogP contribution in [-0.4, -0.2) is 34.1 Å². The number of rotatable bonds is 4. The van der Waals surface area contributed by atoms with Crippen LogP contribution in [0.1, 0.15) is 5.76 Å². The second-order valence-electron chi connectivity index (χ2n) is 3.56. The van der Waals surface area contributed by atoms with Crippen molar-refractivity contribution in [3.05, 3.63) is 32.9 Å². The SMILES string of the molecule is NCCN1C(=O)S/C(=C\c2ccc([N+](=O)[O-])o2)C1=O. The minimum Gasteiger partial charge on any atom is -0.401 e. The van der Waals surface area contributed by atoms with Gasteiger partial charge in [-0.1, -0.05) is 0 Å². The predicted octanol–water partition coefficient (Wildman–Crippen LogP) is 1.18. The zero-order chi connectivity index (χ0) is 14.0. The molecule has 2 rings (SSSR count). The van der Waals surface area contributed by atoms with E-state index in [4.69, 9.17) is 10.2 Å². The first-order chi connectivity index (χ1) is 9.02. The van der Waals surface area contributed by atoms with Gasteiger partial charge in [-0.15, -0.1) is 0 Å². The summed E-state index contributed by atoms with van der Waals surface area (Å²) in [4.78, 5) is 34.3. The van der Waals surface area contributed by atoms with Crippen LogP contribution in [0.5, 0.6) is 0 Å². The number of nitrogens with zero attached hydrogens (tertiary/aromatic N) is 2. The number of nitro groups is 1. The van der Waals surface area contributed by atoms with Crippen LogP contribution in [0.2, 0.25) is 0 Å². The van der Waals surface area contributed by atoms with E-state index in [0.29, 0.717) is 0 Å².